The fourth-order valence-corrected chi connectivity index (χ4v) is 1.38. The zero-order valence-corrected chi connectivity index (χ0v) is 9.03. The molecule has 0 heterocycles. The van der Waals surface area contributed by atoms with Gasteiger partial charge in [0.2, 0.25) is 0 Å². The summed E-state index contributed by atoms with van der Waals surface area (Å²) in [4.78, 5) is 13.6. The van der Waals surface area contributed by atoms with E-state index in [1.54, 1.807) is 11.0 Å². The molecule has 0 aliphatic heterocycles. The summed E-state index contributed by atoms with van der Waals surface area (Å²) in [6.45, 7) is 5.17. The Bertz CT molecular complexity index is 360. The molecule has 1 aromatic carbocycles. The number of hydrogen-bond donors (Lipinski definition) is 2. The molecule has 1 rings (SSSR count). The highest BCUT2D eigenvalue weighted by atomic mass is 16.3. The second-order valence-corrected chi connectivity index (χ2v) is 3.25. The SMILES string of the molecule is CCN(CC)C(=O)c1ccc(O)c(N)c1. The fraction of sp³-hybridized carbons (Fsp3) is 0.364. The van der Waals surface area contributed by atoms with Crippen molar-refractivity contribution < 1.29 is 9.90 Å². The van der Waals surface area contributed by atoms with Crippen LogP contribution in [-0.4, -0.2) is 29.0 Å². The van der Waals surface area contributed by atoms with Gasteiger partial charge in [-0.15, -0.1) is 0 Å². The molecule has 0 spiro atoms. The molecule has 0 radical (unpaired) electrons. The molecular formula is C11H16N2O2. The monoisotopic (exact) mass is 208 g/mol. The van der Waals surface area contributed by atoms with Crippen molar-refractivity contribution in [3.63, 3.8) is 0 Å². The molecule has 0 unspecified atom stereocenters. The smallest absolute Gasteiger partial charge is 0.253 e. The van der Waals surface area contributed by atoms with Gasteiger partial charge in [0.15, 0.2) is 0 Å². The Morgan fingerprint density at radius 2 is 2.00 bits per heavy atom. The lowest BCUT2D eigenvalue weighted by Crippen LogP contribution is -2.30. The van der Waals surface area contributed by atoms with Crippen LogP contribution in [0.5, 0.6) is 5.75 Å². The summed E-state index contributed by atoms with van der Waals surface area (Å²) in [5.41, 5.74) is 6.26. The molecule has 0 aromatic heterocycles. The Morgan fingerprint density at radius 3 is 2.47 bits per heavy atom. The van der Waals surface area contributed by atoms with Crippen molar-refractivity contribution in [2.75, 3.05) is 18.8 Å². The van der Waals surface area contributed by atoms with Gasteiger partial charge in [-0.3, -0.25) is 4.79 Å². The zero-order valence-electron chi connectivity index (χ0n) is 9.03. The van der Waals surface area contributed by atoms with Gasteiger partial charge in [0, 0.05) is 18.7 Å². The van der Waals surface area contributed by atoms with E-state index in [4.69, 9.17) is 5.73 Å². The van der Waals surface area contributed by atoms with Crippen molar-refractivity contribution in [3.8, 4) is 5.75 Å². The molecule has 3 N–H and O–H groups in total. The summed E-state index contributed by atoms with van der Waals surface area (Å²) in [6, 6.07) is 4.51. The Balaban J connectivity index is 2.96. The standard InChI is InChI=1S/C11H16N2O2/c1-3-13(4-2)11(15)8-5-6-10(14)9(12)7-8/h5-7,14H,3-4,12H2,1-2H3. The highest BCUT2D eigenvalue weighted by Crippen LogP contribution is 2.21. The molecule has 0 saturated carbocycles. The molecule has 0 atom stereocenters. The third-order valence-electron chi connectivity index (χ3n) is 2.33. The van der Waals surface area contributed by atoms with E-state index in [1.165, 1.54) is 12.1 Å². The van der Waals surface area contributed by atoms with Crippen LogP contribution in [0.1, 0.15) is 24.2 Å². The van der Waals surface area contributed by atoms with Gasteiger partial charge in [-0.25, -0.2) is 0 Å². The largest absolute Gasteiger partial charge is 0.506 e. The molecule has 4 heteroatoms. The molecule has 0 fully saturated rings. The maximum Gasteiger partial charge on any atom is 0.253 e. The predicted octanol–water partition coefficient (Wildman–Crippen LogP) is 1.46. The van der Waals surface area contributed by atoms with Crippen LogP contribution in [0.3, 0.4) is 0 Å². The molecule has 0 aliphatic carbocycles. The number of nitrogen functional groups attached to an aromatic ring is 1. The van der Waals surface area contributed by atoms with Crippen molar-refractivity contribution in [1.82, 2.24) is 4.90 Å². The van der Waals surface area contributed by atoms with E-state index < -0.39 is 0 Å². The van der Waals surface area contributed by atoms with Gasteiger partial charge in [0.1, 0.15) is 5.75 Å². The minimum absolute atomic E-state index is 0.00565. The highest BCUT2D eigenvalue weighted by molar-refractivity contribution is 5.95. The van der Waals surface area contributed by atoms with Gasteiger partial charge >= 0.3 is 0 Å². The summed E-state index contributed by atoms with van der Waals surface area (Å²) in [6.07, 6.45) is 0. The number of phenolic OH excluding ortho intramolecular Hbond substituents is 1. The number of nitrogens with two attached hydrogens (primary N) is 1. The second-order valence-electron chi connectivity index (χ2n) is 3.25. The fourth-order valence-electron chi connectivity index (χ4n) is 1.38. The van der Waals surface area contributed by atoms with Crippen molar-refractivity contribution in [2.45, 2.75) is 13.8 Å². The summed E-state index contributed by atoms with van der Waals surface area (Å²) < 4.78 is 0. The Labute approximate surface area is 89.3 Å². The summed E-state index contributed by atoms with van der Waals surface area (Å²) in [7, 11) is 0. The second kappa shape index (κ2) is 4.68. The molecule has 0 bridgehead atoms. The van der Waals surface area contributed by atoms with E-state index in [9.17, 15) is 9.90 Å². The van der Waals surface area contributed by atoms with Gasteiger partial charge in [-0.1, -0.05) is 0 Å². The van der Waals surface area contributed by atoms with E-state index in [-0.39, 0.29) is 17.3 Å². The average Bonchev–Trinajstić information content (AvgIpc) is 2.23. The van der Waals surface area contributed by atoms with Gasteiger partial charge < -0.3 is 15.7 Å². The number of nitrogens with zero attached hydrogens (tertiary/aromatic N) is 1. The van der Waals surface area contributed by atoms with Crippen LogP contribution in [0.25, 0.3) is 0 Å². The van der Waals surface area contributed by atoms with E-state index >= 15 is 0 Å². The number of benzene rings is 1. The van der Waals surface area contributed by atoms with Crippen molar-refractivity contribution >= 4 is 11.6 Å². The van der Waals surface area contributed by atoms with Crippen LogP contribution < -0.4 is 5.73 Å². The minimum Gasteiger partial charge on any atom is -0.506 e. The first-order chi connectivity index (χ1) is 7.10. The third-order valence-corrected chi connectivity index (χ3v) is 2.33. The molecule has 82 valence electrons. The number of amides is 1. The summed E-state index contributed by atoms with van der Waals surface area (Å²) in [5, 5.41) is 9.23. The summed E-state index contributed by atoms with van der Waals surface area (Å²) in [5.74, 6) is -0.0576. The van der Waals surface area contributed by atoms with Crippen LogP contribution >= 0.6 is 0 Å². The number of phenols is 1. The first-order valence-electron chi connectivity index (χ1n) is 4.97. The number of carbonyl (C=O) groups excluding carboxylic acids is 1. The normalized spacial score (nSPS) is 10.0. The first-order valence-corrected chi connectivity index (χ1v) is 4.97. The lowest BCUT2D eigenvalue weighted by Gasteiger charge is -2.18. The van der Waals surface area contributed by atoms with E-state index in [2.05, 4.69) is 0 Å². The molecule has 1 aromatic rings. The number of hydrogen-bond acceptors (Lipinski definition) is 3. The molecule has 0 saturated heterocycles. The molecule has 15 heavy (non-hydrogen) atoms. The Kier molecular flexibility index (Phi) is 3.55. The zero-order chi connectivity index (χ0) is 11.4. The number of anilines is 1. The maximum absolute atomic E-state index is 11.9. The number of aromatic hydroxyl groups is 1. The molecule has 0 aliphatic rings. The van der Waals surface area contributed by atoms with Crippen molar-refractivity contribution in [3.05, 3.63) is 23.8 Å². The number of carbonyl (C=O) groups is 1. The van der Waals surface area contributed by atoms with Gasteiger partial charge in [0.05, 0.1) is 5.69 Å². The van der Waals surface area contributed by atoms with E-state index in [0.29, 0.717) is 18.7 Å². The lowest BCUT2D eigenvalue weighted by atomic mass is 10.1. The van der Waals surface area contributed by atoms with Crippen LogP contribution in [0.15, 0.2) is 18.2 Å². The molecule has 4 nitrogen and oxygen atoms in total. The van der Waals surface area contributed by atoms with Crippen LogP contribution in [0, 0.1) is 0 Å². The van der Waals surface area contributed by atoms with Crippen molar-refractivity contribution in [2.24, 2.45) is 0 Å². The third kappa shape index (κ3) is 2.40. The van der Waals surface area contributed by atoms with Crippen LogP contribution in [-0.2, 0) is 0 Å². The van der Waals surface area contributed by atoms with E-state index in [1.807, 2.05) is 13.8 Å². The quantitative estimate of drug-likeness (QED) is 0.583. The average molecular weight is 208 g/mol. The summed E-state index contributed by atoms with van der Waals surface area (Å²) >= 11 is 0. The molecular weight excluding hydrogens is 192 g/mol. The number of rotatable bonds is 3. The van der Waals surface area contributed by atoms with Crippen LogP contribution in [0.4, 0.5) is 5.69 Å². The van der Waals surface area contributed by atoms with Crippen LogP contribution in [0.2, 0.25) is 0 Å². The Hall–Kier alpha value is -1.71. The van der Waals surface area contributed by atoms with Gasteiger partial charge in [-0.2, -0.15) is 0 Å². The van der Waals surface area contributed by atoms with Gasteiger partial charge in [0.25, 0.3) is 5.91 Å². The predicted molar refractivity (Wildman–Crippen MR) is 59.8 cm³/mol. The maximum atomic E-state index is 11.9. The van der Waals surface area contributed by atoms with E-state index in [0.717, 1.165) is 0 Å². The molecule has 1 amide bonds. The topological polar surface area (TPSA) is 66.6 Å². The highest BCUT2D eigenvalue weighted by Gasteiger charge is 2.13. The minimum atomic E-state index is -0.0632. The Morgan fingerprint density at radius 1 is 1.40 bits per heavy atom. The first kappa shape index (κ1) is 11.4. The lowest BCUT2D eigenvalue weighted by molar-refractivity contribution is 0.0773. The van der Waals surface area contributed by atoms with Crippen molar-refractivity contribution in [1.29, 1.82) is 0 Å². The van der Waals surface area contributed by atoms with Gasteiger partial charge in [-0.05, 0) is 32.0 Å².